The van der Waals surface area contributed by atoms with E-state index < -0.39 is 0 Å². The van der Waals surface area contributed by atoms with Crippen LogP contribution in [0.2, 0.25) is 0 Å². The highest BCUT2D eigenvalue weighted by Gasteiger charge is 2.26. The fraction of sp³-hybridized carbons (Fsp3) is 0.261. The van der Waals surface area contributed by atoms with Gasteiger partial charge in [-0.1, -0.05) is 51.1 Å². The summed E-state index contributed by atoms with van der Waals surface area (Å²) in [6.45, 7) is 6.71. The molecule has 1 heterocycles. The normalized spacial score (nSPS) is 11.3. The minimum Gasteiger partial charge on any atom is -0.506 e. The number of ether oxygens (including phenoxy) is 2. The van der Waals surface area contributed by atoms with E-state index in [1.807, 2.05) is 48.5 Å². The molecule has 0 bridgehead atoms. The highest BCUT2D eigenvalue weighted by atomic mass is 79.9. The van der Waals surface area contributed by atoms with Crippen LogP contribution in [0, 0.1) is 0 Å². The molecule has 0 fully saturated rings. The van der Waals surface area contributed by atoms with Crippen LogP contribution in [0.15, 0.2) is 59.2 Å². The molecule has 0 spiro atoms. The standard InChI is InChI=1S/C23H24BrNO3/c1-23(2,3)18-13-17(20(26)19(24)21(18)27-4)16-11-8-12-25-22(16)28-14-15-9-6-5-7-10-15/h5-13,26H,14H2,1-4H3. The fourth-order valence-electron chi connectivity index (χ4n) is 3.02. The number of aromatic nitrogens is 1. The van der Waals surface area contributed by atoms with Crippen molar-refractivity contribution in [1.82, 2.24) is 4.98 Å². The summed E-state index contributed by atoms with van der Waals surface area (Å²) in [6.07, 6.45) is 1.68. The molecule has 0 unspecified atom stereocenters. The van der Waals surface area contributed by atoms with E-state index in [-0.39, 0.29) is 11.2 Å². The second-order valence-electron chi connectivity index (χ2n) is 7.55. The first-order valence-corrected chi connectivity index (χ1v) is 9.84. The number of benzene rings is 2. The van der Waals surface area contributed by atoms with Crippen molar-refractivity contribution in [3.05, 3.63) is 70.3 Å². The molecule has 1 N–H and O–H groups in total. The third kappa shape index (κ3) is 4.14. The molecule has 0 amide bonds. The number of hydrogen-bond acceptors (Lipinski definition) is 4. The van der Waals surface area contributed by atoms with Crippen LogP contribution in [-0.2, 0) is 12.0 Å². The monoisotopic (exact) mass is 441 g/mol. The van der Waals surface area contributed by atoms with Gasteiger partial charge in [0.05, 0.1) is 7.11 Å². The Hall–Kier alpha value is -2.53. The first-order chi connectivity index (χ1) is 13.3. The van der Waals surface area contributed by atoms with E-state index in [0.717, 1.165) is 16.7 Å². The lowest BCUT2D eigenvalue weighted by Crippen LogP contribution is -2.13. The van der Waals surface area contributed by atoms with E-state index >= 15 is 0 Å². The molecule has 4 nitrogen and oxygen atoms in total. The molecule has 0 radical (unpaired) electrons. The Morgan fingerprint density at radius 1 is 1.04 bits per heavy atom. The lowest BCUT2D eigenvalue weighted by atomic mass is 9.84. The lowest BCUT2D eigenvalue weighted by molar-refractivity contribution is 0.295. The van der Waals surface area contributed by atoms with Crippen LogP contribution in [0.3, 0.4) is 0 Å². The van der Waals surface area contributed by atoms with Crippen molar-refractivity contribution in [3.63, 3.8) is 0 Å². The summed E-state index contributed by atoms with van der Waals surface area (Å²) in [5.41, 5.74) is 3.23. The highest BCUT2D eigenvalue weighted by molar-refractivity contribution is 9.10. The molecule has 28 heavy (non-hydrogen) atoms. The number of hydrogen-bond donors (Lipinski definition) is 1. The Bertz CT molecular complexity index is 966. The van der Waals surface area contributed by atoms with Gasteiger partial charge >= 0.3 is 0 Å². The Kier molecular flexibility index (Phi) is 5.94. The molecule has 1 aromatic heterocycles. The van der Waals surface area contributed by atoms with E-state index in [1.165, 1.54) is 0 Å². The summed E-state index contributed by atoms with van der Waals surface area (Å²) in [7, 11) is 1.60. The van der Waals surface area contributed by atoms with E-state index in [4.69, 9.17) is 9.47 Å². The predicted octanol–water partition coefficient (Wildman–Crippen LogP) is 6.10. The van der Waals surface area contributed by atoms with E-state index in [0.29, 0.717) is 28.3 Å². The molecule has 3 rings (SSSR count). The van der Waals surface area contributed by atoms with E-state index in [2.05, 4.69) is 41.7 Å². The Morgan fingerprint density at radius 2 is 1.75 bits per heavy atom. The van der Waals surface area contributed by atoms with Crippen LogP contribution in [0.5, 0.6) is 17.4 Å². The number of nitrogens with zero attached hydrogens (tertiary/aromatic N) is 1. The van der Waals surface area contributed by atoms with Crippen LogP contribution >= 0.6 is 15.9 Å². The Labute approximate surface area is 174 Å². The molecule has 146 valence electrons. The van der Waals surface area contributed by atoms with Crippen molar-refractivity contribution in [2.45, 2.75) is 32.8 Å². The number of pyridine rings is 1. The first-order valence-electron chi connectivity index (χ1n) is 9.05. The van der Waals surface area contributed by atoms with Gasteiger partial charge in [0.25, 0.3) is 0 Å². The molecule has 5 heteroatoms. The smallest absolute Gasteiger partial charge is 0.221 e. The first kappa shape index (κ1) is 20.2. The van der Waals surface area contributed by atoms with Gasteiger partial charge in [0.1, 0.15) is 22.6 Å². The van der Waals surface area contributed by atoms with E-state index in [1.54, 1.807) is 13.3 Å². The molecule has 3 aromatic rings. The van der Waals surface area contributed by atoms with Crippen molar-refractivity contribution >= 4 is 15.9 Å². The molecule has 2 aromatic carbocycles. The number of aromatic hydroxyl groups is 1. The Morgan fingerprint density at radius 3 is 2.39 bits per heavy atom. The summed E-state index contributed by atoms with van der Waals surface area (Å²) in [5, 5.41) is 10.9. The minimum atomic E-state index is -0.177. The van der Waals surface area contributed by atoms with Crippen LogP contribution < -0.4 is 9.47 Å². The number of halogens is 1. The maximum Gasteiger partial charge on any atom is 0.221 e. The summed E-state index contributed by atoms with van der Waals surface area (Å²) < 4.78 is 12.1. The highest BCUT2D eigenvalue weighted by Crippen LogP contribution is 2.48. The molecule has 0 aliphatic carbocycles. The topological polar surface area (TPSA) is 51.6 Å². The Balaban J connectivity index is 2.08. The van der Waals surface area contributed by atoms with E-state index in [9.17, 15) is 5.11 Å². The molecular weight excluding hydrogens is 418 g/mol. The molecule has 0 atom stereocenters. The van der Waals surface area contributed by atoms with Gasteiger partial charge in [-0.2, -0.15) is 0 Å². The van der Waals surface area contributed by atoms with Gasteiger partial charge in [-0.3, -0.25) is 0 Å². The van der Waals surface area contributed by atoms with Gasteiger partial charge in [-0.05, 0) is 45.1 Å². The van der Waals surface area contributed by atoms with Crippen molar-refractivity contribution in [2.24, 2.45) is 0 Å². The van der Waals surface area contributed by atoms with Crippen molar-refractivity contribution < 1.29 is 14.6 Å². The number of phenols is 1. The largest absolute Gasteiger partial charge is 0.506 e. The zero-order valence-corrected chi connectivity index (χ0v) is 18.1. The summed E-state index contributed by atoms with van der Waals surface area (Å²) in [6, 6.07) is 15.6. The second kappa shape index (κ2) is 8.23. The number of methoxy groups -OCH3 is 1. The van der Waals surface area contributed by atoms with Gasteiger partial charge < -0.3 is 14.6 Å². The molecule has 0 aliphatic heterocycles. The number of phenolic OH excluding ortho intramolecular Hbond substituents is 1. The zero-order chi connectivity index (χ0) is 20.3. The third-order valence-corrected chi connectivity index (χ3v) is 5.22. The summed E-state index contributed by atoms with van der Waals surface area (Å²) >= 11 is 3.50. The quantitative estimate of drug-likeness (QED) is 0.519. The average molecular weight is 442 g/mol. The van der Waals surface area contributed by atoms with Gasteiger partial charge in [0, 0.05) is 22.9 Å². The predicted molar refractivity (Wildman–Crippen MR) is 115 cm³/mol. The van der Waals surface area contributed by atoms with Gasteiger partial charge in [0.15, 0.2) is 0 Å². The summed E-state index contributed by atoms with van der Waals surface area (Å²) in [4.78, 5) is 4.40. The van der Waals surface area contributed by atoms with Crippen LogP contribution in [-0.4, -0.2) is 17.2 Å². The molecule has 0 saturated heterocycles. The van der Waals surface area contributed by atoms with Gasteiger partial charge in [-0.15, -0.1) is 0 Å². The minimum absolute atomic E-state index is 0.0995. The van der Waals surface area contributed by atoms with Crippen LogP contribution in [0.4, 0.5) is 0 Å². The van der Waals surface area contributed by atoms with Gasteiger partial charge in [0.2, 0.25) is 5.88 Å². The lowest BCUT2D eigenvalue weighted by Gasteiger charge is -2.25. The molecule has 0 saturated carbocycles. The fourth-order valence-corrected chi connectivity index (χ4v) is 3.61. The second-order valence-corrected chi connectivity index (χ2v) is 8.34. The van der Waals surface area contributed by atoms with Crippen molar-refractivity contribution in [2.75, 3.05) is 7.11 Å². The zero-order valence-electron chi connectivity index (χ0n) is 16.5. The maximum atomic E-state index is 10.9. The maximum absolute atomic E-state index is 10.9. The SMILES string of the molecule is COc1c(C(C)(C)C)cc(-c2cccnc2OCc2ccccc2)c(O)c1Br. The summed E-state index contributed by atoms with van der Waals surface area (Å²) in [5.74, 6) is 1.20. The molecule has 0 aliphatic rings. The van der Waals surface area contributed by atoms with Crippen LogP contribution in [0.25, 0.3) is 11.1 Å². The van der Waals surface area contributed by atoms with Crippen molar-refractivity contribution in [3.8, 4) is 28.5 Å². The average Bonchev–Trinajstić information content (AvgIpc) is 2.68. The van der Waals surface area contributed by atoms with Crippen LogP contribution in [0.1, 0.15) is 31.9 Å². The van der Waals surface area contributed by atoms with Gasteiger partial charge in [-0.25, -0.2) is 4.98 Å². The number of rotatable bonds is 5. The molecular formula is C23H24BrNO3. The van der Waals surface area contributed by atoms with Crippen molar-refractivity contribution in [1.29, 1.82) is 0 Å². The third-order valence-electron chi connectivity index (χ3n) is 4.49.